The Morgan fingerprint density at radius 2 is 1.68 bits per heavy atom. The second kappa shape index (κ2) is 4.44. The average Bonchev–Trinajstić information content (AvgIpc) is 2.43. The van der Waals surface area contributed by atoms with Crippen molar-refractivity contribution in [3.8, 4) is 5.88 Å². The van der Waals surface area contributed by atoms with Crippen LogP contribution in [0.2, 0.25) is 0 Å². The van der Waals surface area contributed by atoms with Crippen LogP contribution in [0.15, 0.2) is 12.1 Å². The molecule has 2 N–H and O–H groups in total. The molecule has 4 nitrogen and oxygen atoms in total. The molecule has 1 aromatic rings. The largest absolute Gasteiger partial charge is 0.473 e. The van der Waals surface area contributed by atoms with Gasteiger partial charge in [-0.25, -0.2) is 0 Å². The van der Waals surface area contributed by atoms with E-state index in [0.29, 0.717) is 18.5 Å². The minimum atomic E-state index is 0.380. The number of ether oxygens (including phenoxy) is 1. The Hall–Kier alpha value is -1.16. The zero-order valence-corrected chi connectivity index (χ0v) is 11.2. The molecule has 5 rings (SSSR count). The lowest BCUT2D eigenvalue weighted by Gasteiger charge is -2.53. The van der Waals surface area contributed by atoms with Gasteiger partial charge in [-0.2, -0.15) is 5.10 Å². The van der Waals surface area contributed by atoms with Crippen molar-refractivity contribution >= 4 is 0 Å². The summed E-state index contributed by atoms with van der Waals surface area (Å²) in [5, 5.41) is 8.23. The fraction of sp³-hybridized carbons (Fsp3) is 0.733. The van der Waals surface area contributed by atoms with E-state index in [1.807, 2.05) is 12.1 Å². The highest BCUT2D eigenvalue weighted by molar-refractivity contribution is 5.13. The zero-order chi connectivity index (χ0) is 12.8. The van der Waals surface area contributed by atoms with Crippen molar-refractivity contribution in [2.75, 3.05) is 0 Å². The summed E-state index contributed by atoms with van der Waals surface area (Å²) in [6.45, 7) is 0.436. The number of nitrogens with two attached hydrogens (primary N) is 1. The fourth-order valence-electron chi connectivity index (χ4n) is 4.73. The van der Waals surface area contributed by atoms with Crippen molar-refractivity contribution in [1.29, 1.82) is 0 Å². The third-order valence-corrected chi connectivity index (χ3v) is 5.30. The third kappa shape index (κ3) is 2.02. The Morgan fingerprint density at radius 1 is 1.00 bits per heavy atom. The SMILES string of the molecule is NCc1ccc(OC2C3CC4CC(C3)CC2C4)nn1. The topological polar surface area (TPSA) is 61.0 Å². The van der Waals surface area contributed by atoms with E-state index in [4.69, 9.17) is 10.5 Å². The Kier molecular flexibility index (Phi) is 2.72. The summed E-state index contributed by atoms with van der Waals surface area (Å²) in [6.07, 6.45) is 7.33. The van der Waals surface area contributed by atoms with Crippen LogP contribution in [0.25, 0.3) is 0 Å². The first-order valence-electron chi connectivity index (χ1n) is 7.51. The minimum Gasteiger partial charge on any atom is -0.473 e. The maximum Gasteiger partial charge on any atom is 0.233 e. The second-order valence-corrected chi connectivity index (χ2v) is 6.58. The predicted octanol–water partition coefficient (Wildman–Crippen LogP) is 2.14. The van der Waals surface area contributed by atoms with Gasteiger partial charge in [-0.1, -0.05) is 0 Å². The highest BCUT2D eigenvalue weighted by Crippen LogP contribution is 2.54. The Balaban J connectivity index is 1.50. The van der Waals surface area contributed by atoms with Crippen LogP contribution in [-0.2, 0) is 6.54 Å². The van der Waals surface area contributed by atoms with E-state index in [9.17, 15) is 0 Å². The van der Waals surface area contributed by atoms with E-state index in [2.05, 4.69) is 10.2 Å². The molecule has 0 unspecified atom stereocenters. The maximum absolute atomic E-state index is 6.18. The smallest absolute Gasteiger partial charge is 0.233 e. The first-order valence-corrected chi connectivity index (χ1v) is 7.51. The van der Waals surface area contributed by atoms with Gasteiger partial charge in [-0.15, -0.1) is 5.10 Å². The lowest BCUT2D eigenvalue weighted by atomic mass is 9.55. The number of aromatic nitrogens is 2. The third-order valence-electron chi connectivity index (χ3n) is 5.30. The molecular weight excluding hydrogens is 238 g/mol. The number of rotatable bonds is 3. The average molecular weight is 259 g/mol. The molecule has 0 aliphatic heterocycles. The Morgan fingerprint density at radius 3 is 2.21 bits per heavy atom. The Labute approximate surface area is 113 Å². The quantitative estimate of drug-likeness (QED) is 0.903. The van der Waals surface area contributed by atoms with Gasteiger partial charge >= 0.3 is 0 Å². The lowest BCUT2D eigenvalue weighted by molar-refractivity contribution is -0.0808. The maximum atomic E-state index is 6.18. The monoisotopic (exact) mass is 259 g/mol. The van der Waals surface area contributed by atoms with Crippen LogP contribution in [-0.4, -0.2) is 16.3 Å². The molecule has 4 aliphatic rings. The molecule has 4 aliphatic carbocycles. The molecular formula is C15H21N3O. The van der Waals surface area contributed by atoms with E-state index in [0.717, 1.165) is 29.4 Å². The molecule has 4 saturated carbocycles. The van der Waals surface area contributed by atoms with Crippen molar-refractivity contribution in [2.45, 2.75) is 44.8 Å². The molecule has 1 aromatic heterocycles. The van der Waals surface area contributed by atoms with Crippen molar-refractivity contribution < 1.29 is 4.74 Å². The molecule has 19 heavy (non-hydrogen) atoms. The van der Waals surface area contributed by atoms with Gasteiger partial charge in [0.25, 0.3) is 0 Å². The van der Waals surface area contributed by atoms with Crippen LogP contribution < -0.4 is 10.5 Å². The molecule has 0 spiro atoms. The molecule has 0 atom stereocenters. The van der Waals surface area contributed by atoms with Gasteiger partial charge in [0.05, 0.1) is 5.69 Å². The number of nitrogens with zero attached hydrogens (tertiary/aromatic N) is 2. The van der Waals surface area contributed by atoms with Crippen molar-refractivity contribution in [2.24, 2.45) is 29.4 Å². The number of hydrogen-bond donors (Lipinski definition) is 1. The molecule has 4 bridgehead atoms. The van der Waals surface area contributed by atoms with E-state index in [-0.39, 0.29) is 0 Å². The van der Waals surface area contributed by atoms with Gasteiger partial charge in [-0.3, -0.25) is 0 Å². The normalized spacial score (nSPS) is 39.5. The highest BCUT2D eigenvalue weighted by atomic mass is 16.5. The summed E-state index contributed by atoms with van der Waals surface area (Å²) in [5.41, 5.74) is 6.35. The first kappa shape index (κ1) is 11.6. The molecule has 102 valence electrons. The van der Waals surface area contributed by atoms with Gasteiger partial charge in [-0.05, 0) is 61.8 Å². The van der Waals surface area contributed by atoms with Crippen LogP contribution in [0, 0.1) is 23.7 Å². The van der Waals surface area contributed by atoms with Gasteiger partial charge < -0.3 is 10.5 Å². The van der Waals surface area contributed by atoms with Crippen LogP contribution in [0.1, 0.15) is 37.8 Å². The minimum absolute atomic E-state index is 0.380. The van der Waals surface area contributed by atoms with E-state index < -0.39 is 0 Å². The molecule has 0 amide bonds. The van der Waals surface area contributed by atoms with Crippen molar-refractivity contribution in [3.05, 3.63) is 17.8 Å². The Bertz CT molecular complexity index is 431. The van der Waals surface area contributed by atoms with Gasteiger partial charge in [0, 0.05) is 12.6 Å². The summed E-state index contributed by atoms with van der Waals surface area (Å²) in [6, 6.07) is 3.83. The number of hydrogen-bond acceptors (Lipinski definition) is 4. The van der Waals surface area contributed by atoms with E-state index >= 15 is 0 Å². The van der Waals surface area contributed by atoms with E-state index in [1.54, 1.807) is 0 Å². The van der Waals surface area contributed by atoms with Crippen LogP contribution in [0.5, 0.6) is 5.88 Å². The molecule has 0 radical (unpaired) electrons. The van der Waals surface area contributed by atoms with Crippen LogP contribution >= 0.6 is 0 Å². The molecule has 0 saturated heterocycles. The van der Waals surface area contributed by atoms with Crippen molar-refractivity contribution in [1.82, 2.24) is 10.2 Å². The fourth-order valence-corrected chi connectivity index (χ4v) is 4.73. The molecule has 4 fully saturated rings. The molecule has 4 heteroatoms. The summed E-state index contributed by atoms with van der Waals surface area (Å²) in [7, 11) is 0. The van der Waals surface area contributed by atoms with Crippen LogP contribution in [0.3, 0.4) is 0 Å². The summed E-state index contributed by atoms with van der Waals surface area (Å²) in [5.74, 6) is 4.15. The summed E-state index contributed by atoms with van der Waals surface area (Å²) in [4.78, 5) is 0. The van der Waals surface area contributed by atoms with Crippen molar-refractivity contribution in [3.63, 3.8) is 0 Å². The molecule has 0 aromatic carbocycles. The predicted molar refractivity (Wildman–Crippen MR) is 71.4 cm³/mol. The lowest BCUT2D eigenvalue weighted by Crippen LogP contribution is -2.50. The highest BCUT2D eigenvalue weighted by Gasteiger charge is 2.49. The summed E-state index contributed by atoms with van der Waals surface area (Å²) >= 11 is 0. The second-order valence-electron chi connectivity index (χ2n) is 6.58. The first-order chi connectivity index (χ1) is 9.31. The molecule has 1 heterocycles. The summed E-state index contributed by atoms with van der Waals surface area (Å²) < 4.78 is 6.18. The van der Waals surface area contributed by atoms with Gasteiger partial charge in [0.1, 0.15) is 6.10 Å². The van der Waals surface area contributed by atoms with Gasteiger partial charge in [0.15, 0.2) is 0 Å². The van der Waals surface area contributed by atoms with Gasteiger partial charge in [0.2, 0.25) is 5.88 Å². The standard InChI is InChI=1S/C15H21N3O/c16-8-13-1-2-14(18-17-13)19-15-11-4-9-3-10(6-11)7-12(15)5-9/h1-2,9-12,15H,3-8,16H2. The van der Waals surface area contributed by atoms with Crippen LogP contribution in [0.4, 0.5) is 0 Å². The van der Waals surface area contributed by atoms with E-state index in [1.165, 1.54) is 32.1 Å². The zero-order valence-electron chi connectivity index (χ0n) is 11.2.